The Morgan fingerprint density at radius 2 is 2.21 bits per heavy atom. The maximum Gasteiger partial charge on any atom is 0.276 e. The molecule has 1 aromatic carbocycles. The van der Waals surface area contributed by atoms with Crippen LogP contribution in [0.3, 0.4) is 0 Å². The van der Waals surface area contributed by atoms with Gasteiger partial charge >= 0.3 is 0 Å². The summed E-state index contributed by atoms with van der Waals surface area (Å²) in [6, 6.07) is 4.59. The fraction of sp³-hybridized carbons (Fsp3) is 0.222. The van der Waals surface area contributed by atoms with Crippen LogP contribution in [0.2, 0.25) is 0 Å². The minimum absolute atomic E-state index is 0.0409. The maximum absolute atomic E-state index is 10.6. The zero-order valence-electron chi connectivity index (χ0n) is 7.77. The van der Waals surface area contributed by atoms with Gasteiger partial charge in [0.2, 0.25) is 0 Å². The third-order valence-electron chi connectivity index (χ3n) is 1.90. The van der Waals surface area contributed by atoms with Crippen LogP contribution in [0.25, 0.3) is 0 Å². The summed E-state index contributed by atoms with van der Waals surface area (Å²) >= 11 is 0. The molecule has 72 valence electrons. The van der Waals surface area contributed by atoms with Crippen LogP contribution in [-0.2, 0) is 0 Å². The molecule has 0 fully saturated rings. The Bertz CT molecular complexity index is 421. The van der Waals surface area contributed by atoms with E-state index < -0.39 is 4.92 Å². The van der Waals surface area contributed by atoms with Crippen molar-refractivity contribution in [2.45, 2.75) is 6.92 Å². The number of methoxy groups -OCH3 is 1. The van der Waals surface area contributed by atoms with E-state index in [4.69, 9.17) is 10.00 Å². The SMILES string of the molecule is COc1c(C#N)ccc([N+](=O)[O-])c1C. The van der Waals surface area contributed by atoms with Crippen molar-refractivity contribution in [2.75, 3.05) is 7.11 Å². The van der Waals surface area contributed by atoms with Crippen molar-refractivity contribution in [1.82, 2.24) is 0 Å². The minimum atomic E-state index is -0.501. The Labute approximate surface area is 80.7 Å². The molecule has 0 bridgehead atoms. The first kappa shape index (κ1) is 9.99. The van der Waals surface area contributed by atoms with E-state index in [-0.39, 0.29) is 11.4 Å². The van der Waals surface area contributed by atoms with Gasteiger partial charge in [0.25, 0.3) is 5.69 Å². The lowest BCUT2D eigenvalue weighted by Crippen LogP contribution is -1.97. The van der Waals surface area contributed by atoms with Gasteiger partial charge in [-0.1, -0.05) is 0 Å². The second-order valence-electron chi connectivity index (χ2n) is 2.66. The number of nitro benzene ring substituents is 1. The van der Waals surface area contributed by atoms with Crippen molar-refractivity contribution in [3.8, 4) is 11.8 Å². The molecule has 0 aliphatic rings. The predicted octanol–water partition coefficient (Wildman–Crippen LogP) is 1.78. The smallest absolute Gasteiger partial charge is 0.276 e. The van der Waals surface area contributed by atoms with Crippen molar-refractivity contribution in [3.05, 3.63) is 33.4 Å². The van der Waals surface area contributed by atoms with E-state index in [9.17, 15) is 10.1 Å². The largest absolute Gasteiger partial charge is 0.495 e. The lowest BCUT2D eigenvalue weighted by molar-refractivity contribution is -0.385. The van der Waals surface area contributed by atoms with Crippen molar-refractivity contribution in [2.24, 2.45) is 0 Å². The average Bonchev–Trinajstić information content (AvgIpc) is 2.16. The predicted molar refractivity (Wildman–Crippen MR) is 49.1 cm³/mol. The Balaban J connectivity index is 3.44. The normalized spacial score (nSPS) is 9.21. The molecular weight excluding hydrogens is 184 g/mol. The van der Waals surface area contributed by atoms with E-state index in [1.54, 1.807) is 6.92 Å². The zero-order valence-corrected chi connectivity index (χ0v) is 7.77. The molecule has 5 nitrogen and oxygen atoms in total. The molecule has 0 aliphatic heterocycles. The van der Waals surface area contributed by atoms with E-state index in [0.717, 1.165) is 0 Å². The number of hydrogen-bond acceptors (Lipinski definition) is 4. The summed E-state index contributed by atoms with van der Waals surface area (Å²) in [5.74, 6) is 0.265. The molecule has 0 amide bonds. The first-order chi connectivity index (χ1) is 6.61. The highest BCUT2D eigenvalue weighted by Crippen LogP contribution is 2.30. The average molecular weight is 192 g/mol. The quantitative estimate of drug-likeness (QED) is 0.528. The summed E-state index contributed by atoms with van der Waals surface area (Å²) < 4.78 is 4.93. The van der Waals surface area contributed by atoms with E-state index in [0.29, 0.717) is 11.1 Å². The Morgan fingerprint density at radius 3 is 2.64 bits per heavy atom. The van der Waals surface area contributed by atoms with Gasteiger partial charge in [0.15, 0.2) is 0 Å². The number of nitriles is 1. The monoisotopic (exact) mass is 192 g/mol. The summed E-state index contributed by atoms with van der Waals surface area (Å²) in [5, 5.41) is 19.3. The first-order valence-corrected chi connectivity index (χ1v) is 3.84. The minimum Gasteiger partial charge on any atom is -0.495 e. The molecular formula is C9H8N2O3. The van der Waals surface area contributed by atoms with E-state index in [1.165, 1.54) is 19.2 Å². The highest BCUT2D eigenvalue weighted by molar-refractivity contribution is 5.56. The standard InChI is InChI=1S/C9H8N2O3/c1-6-8(11(12)13)4-3-7(5-10)9(6)14-2/h3-4H,1-2H3. The second-order valence-corrected chi connectivity index (χ2v) is 2.66. The van der Waals surface area contributed by atoms with Gasteiger partial charge in [0.1, 0.15) is 11.8 Å². The number of nitrogens with zero attached hydrogens (tertiary/aromatic N) is 2. The maximum atomic E-state index is 10.6. The number of hydrogen-bond donors (Lipinski definition) is 0. The van der Waals surface area contributed by atoms with Crippen LogP contribution in [0.15, 0.2) is 12.1 Å². The number of benzene rings is 1. The fourth-order valence-electron chi connectivity index (χ4n) is 1.23. The summed E-state index contributed by atoms with van der Waals surface area (Å²) in [6.45, 7) is 1.55. The molecule has 1 rings (SSSR count). The van der Waals surface area contributed by atoms with Gasteiger partial charge in [0, 0.05) is 6.07 Å². The molecule has 0 saturated carbocycles. The Hall–Kier alpha value is -2.09. The third kappa shape index (κ3) is 1.50. The van der Waals surface area contributed by atoms with Crippen LogP contribution in [0.1, 0.15) is 11.1 Å². The van der Waals surface area contributed by atoms with Gasteiger partial charge in [-0.3, -0.25) is 10.1 Å². The van der Waals surface area contributed by atoms with Crippen LogP contribution in [-0.4, -0.2) is 12.0 Å². The zero-order chi connectivity index (χ0) is 10.7. The summed E-state index contributed by atoms with van der Waals surface area (Å²) in [6.07, 6.45) is 0. The topological polar surface area (TPSA) is 76.2 Å². The lowest BCUT2D eigenvalue weighted by atomic mass is 10.1. The van der Waals surface area contributed by atoms with Crippen LogP contribution in [0.4, 0.5) is 5.69 Å². The number of nitro groups is 1. The van der Waals surface area contributed by atoms with Crippen molar-refractivity contribution < 1.29 is 9.66 Å². The fourth-order valence-corrected chi connectivity index (χ4v) is 1.23. The molecule has 0 aromatic heterocycles. The lowest BCUT2D eigenvalue weighted by Gasteiger charge is -2.06. The van der Waals surface area contributed by atoms with Crippen LogP contribution in [0.5, 0.6) is 5.75 Å². The van der Waals surface area contributed by atoms with Gasteiger partial charge in [-0.15, -0.1) is 0 Å². The number of rotatable bonds is 2. The van der Waals surface area contributed by atoms with Crippen LogP contribution >= 0.6 is 0 Å². The first-order valence-electron chi connectivity index (χ1n) is 3.84. The van der Waals surface area contributed by atoms with E-state index in [1.807, 2.05) is 6.07 Å². The third-order valence-corrected chi connectivity index (χ3v) is 1.90. The molecule has 0 radical (unpaired) electrons. The number of ether oxygens (including phenoxy) is 1. The van der Waals surface area contributed by atoms with E-state index >= 15 is 0 Å². The molecule has 0 heterocycles. The molecule has 0 unspecified atom stereocenters. The molecule has 0 atom stereocenters. The van der Waals surface area contributed by atoms with Gasteiger partial charge < -0.3 is 4.74 Å². The highest BCUT2D eigenvalue weighted by Gasteiger charge is 2.17. The molecule has 0 N–H and O–H groups in total. The molecule has 1 aromatic rings. The van der Waals surface area contributed by atoms with Crippen LogP contribution < -0.4 is 4.74 Å². The van der Waals surface area contributed by atoms with Gasteiger partial charge in [-0.2, -0.15) is 5.26 Å². The summed E-state index contributed by atoms with van der Waals surface area (Å²) in [7, 11) is 1.38. The molecule has 14 heavy (non-hydrogen) atoms. The Kier molecular flexibility index (Phi) is 2.67. The molecule has 0 saturated heterocycles. The van der Waals surface area contributed by atoms with Gasteiger partial charge in [-0.05, 0) is 13.0 Å². The van der Waals surface area contributed by atoms with Gasteiger partial charge in [-0.25, -0.2) is 0 Å². The highest BCUT2D eigenvalue weighted by atomic mass is 16.6. The second kappa shape index (κ2) is 3.75. The van der Waals surface area contributed by atoms with Crippen molar-refractivity contribution in [3.63, 3.8) is 0 Å². The Morgan fingerprint density at radius 1 is 1.57 bits per heavy atom. The van der Waals surface area contributed by atoms with Crippen molar-refractivity contribution in [1.29, 1.82) is 5.26 Å². The molecule has 0 aliphatic carbocycles. The molecule has 0 spiro atoms. The summed E-state index contributed by atoms with van der Waals surface area (Å²) in [5.41, 5.74) is 0.632. The van der Waals surface area contributed by atoms with Crippen LogP contribution in [0, 0.1) is 28.4 Å². The van der Waals surface area contributed by atoms with Crippen molar-refractivity contribution >= 4 is 5.69 Å². The molecule has 5 heteroatoms. The van der Waals surface area contributed by atoms with E-state index in [2.05, 4.69) is 0 Å². The van der Waals surface area contributed by atoms with Gasteiger partial charge in [0.05, 0.1) is 23.2 Å². The summed E-state index contributed by atoms with van der Waals surface area (Å²) in [4.78, 5) is 10.1.